The second-order valence-electron chi connectivity index (χ2n) is 5.21. The molecule has 0 aliphatic carbocycles. The molecule has 0 spiro atoms. The van der Waals surface area contributed by atoms with Crippen LogP contribution in [0.2, 0.25) is 0 Å². The van der Waals surface area contributed by atoms with Crippen molar-refractivity contribution in [1.82, 2.24) is 10.2 Å². The molecule has 0 aromatic rings. The van der Waals surface area contributed by atoms with E-state index in [1.165, 1.54) is 38.8 Å². The lowest BCUT2D eigenvalue weighted by Crippen LogP contribution is -2.33. The highest BCUT2D eigenvalue weighted by atomic mass is 16.1. The Morgan fingerprint density at radius 3 is 2.47 bits per heavy atom. The number of hydrogen-bond acceptors (Lipinski definition) is 2. The maximum absolute atomic E-state index is 11.6. The molecule has 0 saturated carbocycles. The summed E-state index contributed by atoms with van der Waals surface area (Å²) in [5.74, 6) is 0.372. The van der Waals surface area contributed by atoms with Crippen molar-refractivity contribution >= 4 is 5.91 Å². The highest BCUT2D eigenvalue weighted by Crippen LogP contribution is 2.09. The van der Waals surface area contributed by atoms with Crippen LogP contribution in [0.1, 0.15) is 52.4 Å². The van der Waals surface area contributed by atoms with E-state index in [2.05, 4.69) is 17.1 Å². The zero-order chi connectivity index (χ0) is 12.5. The summed E-state index contributed by atoms with van der Waals surface area (Å²) >= 11 is 0. The minimum Gasteiger partial charge on any atom is -0.356 e. The van der Waals surface area contributed by atoms with Gasteiger partial charge < -0.3 is 10.2 Å². The van der Waals surface area contributed by atoms with E-state index in [-0.39, 0.29) is 11.8 Å². The van der Waals surface area contributed by atoms with Crippen LogP contribution in [0.3, 0.4) is 0 Å². The summed E-state index contributed by atoms with van der Waals surface area (Å²) < 4.78 is 0. The van der Waals surface area contributed by atoms with Crippen molar-refractivity contribution in [3.63, 3.8) is 0 Å². The summed E-state index contributed by atoms with van der Waals surface area (Å²) in [7, 11) is 0. The third kappa shape index (κ3) is 6.06. The fourth-order valence-corrected chi connectivity index (χ4v) is 2.23. The van der Waals surface area contributed by atoms with Crippen molar-refractivity contribution in [1.29, 1.82) is 0 Å². The normalized spacial score (nSPS) is 19.6. The van der Waals surface area contributed by atoms with Gasteiger partial charge in [-0.2, -0.15) is 0 Å². The Kier molecular flexibility index (Phi) is 7.25. The first-order valence-electron chi connectivity index (χ1n) is 7.24. The van der Waals surface area contributed by atoms with Crippen LogP contribution in [0.25, 0.3) is 0 Å². The molecule has 1 saturated heterocycles. The molecule has 100 valence electrons. The monoisotopic (exact) mass is 240 g/mol. The first-order valence-corrected chi connectivity index (χ1v) is 7.24. The lowest BCUT2D eigenvalue weighted by Gasteiger charge is -2.19. The average molecular weight is 240 g/mol. The summed E-state index contributed by atoms with van der Waals surface area (Å²) in [4.78, 5) is 14.1. The molecule has 0 aromatic heterocycles. The standard InChI is InChI=1S/C14H28N2O/c1-3-13(2)14(17)15-9-8-12-16-10-6-4-5-7-11-16/h13H,3-12H2,1-2H3,(H,15,17)/t13-/m0/s1. The van der Waals surface area contributed by atoms with E-state index in [4.69, 9.17) is 0 Å². The Morgan fingerprint density at radius 2 is 1.88 bits per heavy atom. The van der Waals surface area contributed by atoms with Crippen LogP contribution in [0.15, 0.2) is 0 Å². The second-order valence-corrected chi connectivity index (χ2v) is 5.21. The van der Waals surface area contributed by atoms with Gasteiger partial charge in [0.25, 0.3) is 0 Å². The Morgan fingerprint density at radius 1 is 1.24 bits per heavy atom. The second kappa shape index (κ2) is 8.51. The van der Waals surface area contributed by atoms with Gasteiger partial charge >= 0.3 is 0 Å². The van der Waals surface area contributed by atoms with Gasteiger partial charge in [-0.05, 0) is 45.3 Å². The number of carbonyl (C=O) groups is 1. The first-order chi connectivity index (χ1) is 8.24. The Bertz CT molecular complexity index is 210. The van der Waals surface area contributed by atoms with E-state index >= 15 is 0 Å². The van der Waals surface area contributed by atoms with Crippen LogP contribution in [-0.2, 0) is 4.79 Å². The molecule has 1 fully saturated rings. The third-order valence-corrected chi connectivity index (χ3v) is 3.71. The average Bonchev–Trinajstić information content (AvgIpc) is 2.61. The van der Waals surface area contributed by atoms with Crippen LogP contribution in [0.4, 0.5) is 0 Å². The zero-order valence-electron chi connectivity index (χ0n) is 11.5. The highest BCUT2D eigenvalue weighted by molar-refractivity contribution is 5.78. The zero-order valence-corrected chi connectivity index (χ0v) is 11.5. The number of amides is 1. The quantitative estimate of drug-likeness (QED) is 0.723. The number of hydrogen-bond donors (Lipinski definition) is 1. The minimum absolute atomic E-state index is 0.160. The van der Waals surface area contributed by atoms with Crippen LogP contribution < -0.4 is 5.32 Å². The first kappa shape index (κ1) is 14.5. The van der Waals surface area contributed by atoms with Gasteiger partial charge in [-0.3, -0.25) is 4.79 Å². The molecule has 0 radical (unpaired) electrons. The predicted octanol–water partition coefficient (Wildman–Crippen LogP) is 2.41. The van der Waals surface area contributed by atoms with Crippen LogP contribution in [0.5, 0.6) is 0 Å². The Hall–Kier alpha value is -0.570. The van der Waals surface area contributed by atoms with Crippen molar-refractivity contribution in [2.45, 2.75) is 52.4 Å². The molecule has 1 amide bonds. The Labute approximate surface area is 106 Å². The van der Waals surface area contributed by atoms with Gasteiger partial charge in [-0.25, -0.2) is 0 Å². The van der Waals surface area contributed by atoms with Gasteiger partial charge in [0.15, 0.2) is 0 Å². The predicted molar refractivity (Wildman–Crippen MR) is 72.0 cm³/mol. The smallest absolute Gasteiger partial charge is 0.222 e. The lowest BCUT2D eigenvalue weighted by molar-refractivity contribution is -0.124. The summed E-state index contributed by atoms with van der Waals surface area (Å²) in [6.45, 7) is 8.52. The molecule has 1 N–H and O–H groups in total. The molecule has 0 unspecified atom stereocenters. The maximum atomic E-state index is 11.6. The number of nitrogens with zero attached hydrogens (tertiary/aromatic N) is 1. The Balaban J connectivity index is 2.04. The van der Waals surface area contributed by atoms with E-state index < -0.39 is 0 Å². The van der Waals surface area contributed by atoms with E-state index in [0.29, 0.717) is 0 Å². The SMILES string of the molecule is CC[C@H](C)C(=O)NCCCN1CCCCCC1. The largest absolute Gasteiger partial charge is 0.356 e. The van der Waals surface area contributed by atoms with Gasteiger partial charge in [0, 0.05) is 12.5 Å². The fourth-order valence-electron chi connectivity index (χ4n) is 2.23. The molecule has 1 aliphatic rings. The molecule has 0 aromatic carbocycles. The van der Waals surface area contributed by atoms with Gasteiger partial charge in [0.05, 0.1) is 0 Å². The summed E-state index contributed by atoms with van der Waals surface area (Å²) in [6.07, 6.45) is 7.49. The molecule has 1 aliphatic heterocycles. The van der Waals surface area contributed by atoms with E-state index in [9.17, 15) is 4.79 Å². The number of rotatable bonds is 6. The van der Waals surface area contributed by atoms with Crippen molar-refractivity contribution < 1.29 is 4.79 Å². The summed E-state index contributed by atoms with van der Waals surface area (Å²) in [6, 6.07) is 0. The molecule has 3 heteroatoms. The van der Waals surface area contributed by atoms with Crippen LogP contribution in [-0.4, -0.2) is 37.0 Å². The molecule has 0 bridgehead atoms. The minimum atomic E-state index is 0.160. The van der Waals surface area contributed by atoms with Crippen molar-refractivity contribution in [2.24, 2.45) is 5.92 Å². The van der Waals surface area contributed by atoms with E-state index in [1.807, 2.05) is 6.92 Å². The molecular formula is C14H28N2O. The van der Waals surface area contributed by atoms with Crippen LogP contribution in [0, 0.1) is 5.92 Å². The van der Waals surface area contributed by atoms with E-state index in [0.717, 1.165) is 25.9 Å². The molecule has 3 nitrogen and oxygen atoms in total. The van der Waals surface area contributed by atoms with Crippen molar-refractivity contribution in [3.05, 3.63) is 0 Å². The summed E-state index contributed by atoms with van der Waals surface area (Å²) in [5, 5.41) is 3.02. The lowest BCUT2D eigenvalue weighted by atomic mass is 10.1. The molecular weight excluding hydrogens is 212 g/mol. The van der Waals surface area contributed by atoms with E-state index in [1.54, 1.807) is 0 Å². The number of likely N-dealkylation sites (tertiary alicyclic amines) is 1. The van der Waals surface area contributed by atoms with Gasteiger partial charge in [-0.15, -0.1) is 0 Å². The van der Waals surface area contributed by atoms with Crippen molar-refractivity contribution in [2.75, 3.05) is 26.2 Å². The molecule has 17 heavy (non-hydrogen) atoms. The van der Waals surface area contributed by atoms with Gasteiger partial charge in [-0.1, -0.05) is 26.7 Å². The van der Waals surface area contributed by atoms with Gasteiger partial charge in [0.2, 0.25) is 5.91 Å². The molecule has 1 rings (SSSR count). The fraction of sp³-hybridized carbons (Fsp3) is 0.929. The van der Waals surface area contributed by atoms with Crippen molar-refractivity contribution in [3.8, 4) is 0 Å². The third-order valence-electron chi connectivity index (χ3n) is 3.71. The maximum Gasteiger partial charge on any atom is 0.222 e. The molecule has 1 atom stereocenters. The molecule has 1 heterocycles. The number of carbonyl (C=O) groups excluding carboxylic acids is 1. The highest BCUT2D eigenvalue weighted by Gasteiger charge is 2.10. The van der Waals surface area contributed by atoms with Crippen LogP contribution >= 0.6 is 0 Å². The number of nitrogens with one attached hydrogen (secondary N) is 1. The topological polar surface area (TPSA) is 32.3 Å². The van der Waals surface area contributed by atoms with Gasteiger partial charge in [0.1, 0.15) is 0 Å². The summed E-state index contributed by atoms with van der Waals surface area (Å²) in [5.41, 5.74) is 0.